The molecule has 0 aliphatic rings. The predicted molar refractivity (Wildman–Crippen MR) is 50.8 cm³/mol. The van der Waals surface area contributed by atoms with Crippen LogP contribution in [0.2, 0.25) is 0 Å². The fourth-order valence-corrected chi connectivity index (χ4v) is 1.18. The Morgan fingerprint density at radius 3 is 2.47 bits per heavy atom. The summed E-state index contributed by atoms with van der Waals surface area (Å²) < 4.78 is 26.9. The Morgan fingerprint density at radius 2 is 1.93 bits per heavy atom. The molecule has 0 aliphatic carbocycles. The summed E-state index contributed by atoms with van der Waals surface area (Å²) in [7, 11) is 0. The van der Waals surface area contributed by atoms with E-state index in [1.165, 1.54) is 29.9 Å². The number of hydrogen-bond acceptors (Lipinski definition) is 2. The highest BCUT2D eigenvalue weighted by molar-refractivity contribution is 5.30. The van der Waals surface area contributed by atoms with Gasteiger partial charge < -0.3 is 0 Å². The summed E-state index contributed by atoms with van der Waals surface area (Å²) in [6, 6.07) is 5.73. The zero-order valence-electron chi connectivity index (χ0n) is 8.06. The third-order valence-electron chi connectivity index (χ3n) is 2.01. The molecule has 0 N–H and O–H groups in total. The van der Waals surface area contributed by atoms with Crippen molar-refractivity contribution in [3.05, 3.63) is 42.0 Å². The molecule has 0 saturated carbocycles. The van der Waals surface area contributed by atoms with Crippen molar-refractivity contribution in [3.63, 3.8) is 0 Å². The average molecular weight is 209 g/mol. The largest absolute Gasteiger partial charge is 0.241 e. The summed E-state index contributed by atoms with van der Waals surface area (Å²) in [5, 5.41) is 7.40. The molecule has 2 aromatic rings. The van der Waals surface area contributed by atoms with Gasteiger partial charge in [0, 0.05) is 0 Å². The molecule has 1 atom stereocenters. The van der Waals surface area contributed by atoms with E-state index in [0.717, 1.165) is 0 Å². The van der Waals surface area contributed by atoms with Gasteiger partial charge in [0.1, 0.15) is 17.7 Å². The van der Waals surface area contributed by atoms with Gasteiger partial charge in [-0.2, -0.15) is 0 Å². The molecule has 2 rings (SSSR count). The molecule has 0 saturated heterocycles. The number of nitrogens with zero attached hydrogens (tertiary/aromatic N) is 3. The van der Waals surface area contributed by atoms with E-state index in [4.69, 9.17) is 0 Å². The Morgan fingerprint density at radius 1 is 1.27 bits per heavy atom. The molecule has 15 heavy (non-hydrogen) atoms. The van der Waals surface area contributed by atoms with E-state index in [0.29, 0.717) is 5.69 Å². The Balaban J connectivity index is 2.33. The highest BCUT2D eigenvalue weighted by Gasteiger charge is 2.08. The van der Waals surface area contributed by atoms with E-state index in [2.05, 4.69) is 10.3 Å². The van der Waals surface area contributed by atoms with E-state index < -0.39 is 6.17 Å². The lowest BCUT2D eigenvalue weighted by atomic mass is 10.3. The van der Waals surface area contributed by atoms with Crippen molar-refractivity contribution in [2.45, 2.75) is 13.1 Å². The summed E-state index contributed by atoms with van der Waals surface area (Å²) in [6.07, 6.45) is 0.331. The van der Waals surface area contributed by atoms with Crippen molar-refractivity contribution in [3.8, 4) is 5.69 Å². The number of aromatic nitrogens is 3. The maximum absolute atomic E-state index is 12.9. The molecule has 0 spiro atoms. The third-order valence-corrected chi connectivity index (χ3v) is 2.01. The van der Waals surface area contributed by atoms with Crippen LogP contribution >= 0.6 is 0 Å². The first-order valence-electron chi connectivity index (χ1n) is 4.49. The molecule has 0 fully saturated rings. The monoisotopic (exact) mass is 209 g/mol. The van der Waals surface area contributed by atoms with E-state index in [1.54, 1.807) is 12.1 Å². The molecular weight excluding hydrogens is 200 g/mol. The lowest BCUT2D eigenvalue weighted by Gasteiger charge is -1.98. The first-order valence-corrected chi connectivity index (χ1v) is 4.49. The van der Waals surface area contributed by atoms with Crippen molar-refractivity contribution < 1.29 is 8.78 Å². The molecule has 1 aromatic heterocycles. The number of alkyl halides is 1. The summed E-state index contributed by atoms with van der Waals surface area (Å²) in [5.41, 5.74) is 0.912. The van der Waals surface area contributed by atoms with Gasteiger partial charge >= 0.3 is 0 Å². The van der Waals surface area contributed by atoms with E-state index >= 15 is 0 Å². The third kappa shape index (κ3) is 2.01. The molecular formula is C10H9F2N3. The normalized spacial score (nSPS) is 12.7. The van der Waals surface area contributed by atoms with Crippen LogP contribution < -0.4 is 0 Å². The van der Waals surface area contributed by atoms with Crippen LogP contribution in [0.25, 0.3) is 5.69 Å². The summed E-state index contributed by atoms with van der Waals surface area (Å²) in [4.78, 5) is 0. The average Bonchev–Trinajstić information content (AvgIpc) is 2.68. The zero-order valence-corrected chi connectivity index (χ0v) is 8.06. The molecule has 0 amide bonds. The van der Waals surface area contributed by atoms with Gasteiger partial charge in [-0.15, -0.1) is 5.10 Å². The van der Waals surface area contributed by atoms with Crippen LogP contribution in [0, 0.1) is 5.82 Å². The molecule has 78 valence electrons. The standard InChI is InChI=1S/C10H9F2N3/c1-7(11)10-6-15(14-13-10)9-4-2-8(12)3-5-9/h2-7H,1H3. The van der Waals surface area contributed by atoms with E-state index in [9.17, 15) is 8.78 Å². The predicted octanol–water partition coefficient (Wildman–Crippen LogP) is 2.44. The molecule has 1 unspecified atom stereocenters. The van der Waals surface area contributed by atoms with Crippen LogP contribution in [0.15, 0.2) is 30.5 Å². The summed E-state index contributed by atoms with van der Waals surface area (Å²) >= 11 is 0. The minimum atomic E-state index is -1.15. The lowest BCUT2D eigenvalue weighted by molar-refractivity contribution is 0.365. The maximum Gasteiger partial charge on any atom is 0.143 e. The zero-order chi connectivity index (χ0) is 10.8. The van der Waals surface area contributed by atoms with Gasteiger partial charge in [0.25, 0.3) is 0 Å². The maximum atomic E-state index is 12.9. The summed E-state index contributed by atoms with van der Waals surface area (Å²) in [5.74, 6) is -0.321. The van der Waals surface area contributed by atoms with Crippen LogP contribution in [0.3, 0.4) is 0 Å². The van der Waals surface area contributed by atoms with Crippen molar-refractivity contribution >= 4 is 0 Å². The van der Waals surface area contributed by atoms with Gasteiger partial charge in [-0.25, -0.2) is 13.5 Å². The second-order valence-corrected chi connectivity index (χ2v) is 3.18. The van der Waals surface area contributed by atoms with Crippen molar-refractivity contribution in [1.82, 2.24) is 15.0 Å². The first-order chi connectivity index (χ1) is 7.16. The Hall–Kier alpha value is -1.78. The van der Waals surface area contributed by atoms with Gasteiger partial charge in [-0.1, -0.05) is 5.21 Å². The van der Waals surface area contributed by atoms with Crippen LogP contribution in [-0.2, 0) is 0 Å². The van der Waals surface area contributed by atoms with Crippen molar-refractivity contribution in [2.75, 3.05) is 0 Å². The van der Waals surface area contributed by atoms with E-state index in [-0.39, 0.29) is 11.5 Å². The minimum absolute atomic E-state index is 0.263. The van der Waals surface area contributed by atoms with E-state index in [1.807, 2.05) is 0 Å². The van der Waals surface area contributed by atoms with Crippen LogP contribution in [-0.4, -0.2) is 15.0 Å². The lowest BCUT2D eigenvalue weighted by Crippen LogP contribution is -1.94. The number of halogens is 2. The van der Waals surface area contributed by atoms with Crippen LogP contribution in [0.4, 0.5) is 8.78 Å². The first kappa shape index (κ1) is 9.76. The Kier molecular flexibility index (Phi) is 2.45. The van der Waals surface area contributed by atoms with Crippen molar-refractivity contribution in [2.24, 2.45) is 0 Å². The highest BCUT2D eigenvalue weighted by atomic mass is 19.1. The molecule has 0 aliphatic heterocycles. The van der Waals surface area contributed by atoms with Gasteiger partial charge in [0.15, 0.2) is 0 Å². The van der Waals surface area contributed by atoms with Crippen LogP contribution in [0.1, 0.15) is 18.8 Å². The minimum Gasteiger partial charge on any atom is -0.241 e. The number of rotatable bonds is 2. The van der Waals surface area contributed by atoms with Gasteiger partial charge in [-0.3, -0.25) is 0 Å². The summed E-state index contributed by atoms with van der Waals surface area (Å²) in [6.45, 7) is 1.39. The molecule has 1 heterocycles. The second kappa shape index (κ2) is 3.76. The number of benzene rings is 1. The Labute approximate surface area is 85.3 Å². The van der Waals surface area contributed by atoms with Gasteiger partial charge in [0.05, 0.1) is 11.9 Å². The molecule has 1 aromatic carbocycles. The number of hydrogen-bond donors (Lipinski definition) is 0. The van der Waals surface area contributed by atoms with Crippen molar-refractivity contribution in [1.29, 1.82) is 0 Å². The molecule has 0 radical (unpaired) electrons. The smallest absolute Gasteiger partial charge is 0.143 e. The highest BCUT2D eigenvalue weighted by Crippen LogP contribution is 2.14. The fourth-order valence-electron chi connectivity index (χ4n) is 1.18. The Bertz CT molecular complexity index is 448. The fraction of sp³-hybridized carbons (Fsp3) is 0.200. The second-order valence-electron chi connectivity index (χ2n) is 3.18. The van der Waals surface area contributed by atoms with Crippen LogP contribution in [0.5, 0.6) is 0 Å². The van der Waals surface area contributed by atoms with Gasteiger partial charge in [-0.05, 0) is 31.2 Å². The molecule has 5 heteroatoms. The van der Waals surface area contributed by atoms with Gasteiger partial charge in [0.2, 0.25) is 0 Å². The molecule has 3 nitrogen and oxygen atoms in total. The molecule has 0 bridgehead atoms. The topological polar surface area (TPSA) is 30.7 Å². The quantitative estimate of drug-likeness (QED) is 0.760. The SMILES string of the molecule is CC(F)c1cn(-c2ccc(F)cc2)nn1.